The van der Waals surface area contributed by atoms with E-state index in [-0.39, 0.29) is 64.6 Å². The number of ether oxygens (including phenoxy) is 4. The Morgan fingerprint density at radius 2 is 1.10 bits per heavy atom. The Morgan fingerprint density at radius 3 is 1.65 bits per heavy atom. The van der Waals surface area contributed by atoms with Gasteiger partial charge >= 0.3 is 0 Å². The van der Waals surface area contributed by atoms with Crippen molar-refractivity contribution in [2.45, 2.75) is 180 Å². The SMILES string of the molecule is CC(C)(O)[C@@H]1CC[C@@]2(C)[C@H]1[C@@H](O[C@@H]1OC[C@H](O)[C@H](O)[C@H]1O)C[C@]1(C)[C@@H]2CC[C@@H]2[C@@]3(C)CC[C@H](O[C@@H]4OC[C@@H](O)[C@H](O)[C@H]4O)C(C)(C)[C@H]3[C@@H](O)C[C@]21C. The van der Waals surface area contributed by atoms with Crippen molar-refractivity contribution >= 4 is 0 Å². The molecule has 2 saturated heterocycles. The van der Waals surface area contributed by atoms with Crippen LogP contribution in [0.25, 0.3) is 0 Å². The Morgan fingerprint density at radius 1 is 0.596 bits per heavy atom. The van der Waals surface area contributed by atoms with Crippen LogP contribution in [0.5, 0.6) is 0 Å². The number of hydrogen-bond donors (Lipinski definition) is 8. The number of hydrogen-bond acceptors (Lipinski definition) is 12. The zero-order valence-corrected chi connectivity index (χ0v) is 32.5. The molecule has 0 aromatic rings. The summed E-state index contributed by atoms with van der Waals surface area (Å²) in [7, 11) is 0. The zero-order chi connectivity index (χ0) is 38.1. The lowest BCUT2D eigenvalue weighted by molar-refractivity contribution is -0.334. The Hall–Kier alpha value is -0.480. The minimum Gasteiger partial charge on any atom is -0.393 e. The standard InChI is InChI=1S/C40H68O12/c1-35(2)26(52-34-31(47)29(45)22(43)18-50-34)12-14-38(6)25-10-9-24-37(5)13-11-19(36(3,4)48)27(37)23(51-33-30(46)28(44)21(42)17-49-33)16-40(24,8)39(25,7)15-20(41)32(35)38/h19-34,41-48H,9-18H2,1-8H3/t19-,20+,21+,22-,23+,24-,25-,26+,27-,28+,29+,30-,31-,32-,33+,34+,37-,38-,39-,40-/m1/s1. The first-order valence-corrected chi connectivity index (χ1v) is 20.1. The third-order valence-electron chi connectivity index (χ3n) is 17.1. The number of rotatable bonds is 5. The van der Waals surface area contributed by atoms with E-state index in [9.17, 15) is 40.9 Å². The van der Waals surface area contributed by atoms with Gasteiger partial charge in [0.15, 0.2) is 12.6 Å². The molecule has 5 saturated carbocycles. The molecule has 0 radical (unpaired) electrons. The fourth-order valence-electron chi connectivity index (χ4n) is 14.7. The average molecular weight is 741 g/mol. The maximum atomic E-state index is 12.5. The van der Waals surface area contributed by atoms with Gasteiger partial charge in [0.2, 0.25) is 0 Å². The largest absolute Gasteiger partial charge is 0.393 e. The molecule has 0 spiro atoms. The fourth-order valence-corrected chi connectivity index (χ4v) is 14.7. The molecule has 7 aliphatic rings. The van der Waals surface area contributed by atoms with E-state index < -0.39 is 72.4 Å². The van der Waals surface area contributed by atoms with Gasteiger partial charge in [-0.3, -0.25) is 0 Å². The minimum absolute atomic E-state index is 0.0223. The second-order valence-electron chi connectivity index (χ2n) is 20.5. The maximum Gasteiger partial charge on any atom is 0.186 e. The molecule has 5 aliphatic carbocycles. The summed E-state index contributed by atoms with van der Waals surface area (Å²) in [5.41, 5.74) is -2.48. The summed E-state index contributed by atoms with van der Waals surface area (Å²) in [6.07, 6.45) is -4.98. The van der Waals surface area contributed by atoms with Crippen molar-refractivity contribution in [3.05, 3.63) is 0 Å². The van der Waals surface area contributed by atoms with Crippen LogP contribution in [0.2, 0.25) is 0 Å². The summed E-state index contributed by atoms with van der Waals surface area (Å²) in [6, 6.07) is 0. The van der Waals surface area contributed by atoms with Crippen molar-refractivity contribution in [3.8, 4) is 0 Å². The normalized spacial score (nSPS) is 57.7. The summed E-state index contributed by atoms with van der Waals surface area (Å²) in [5, 5.41) is 86.9. The molecule has 7 fully saturated rings. The molecule has 12 heteroatoms. The first-order valence-electron chi connectivity index (χ1n) is 20.1. The van der Waals surface area contributed by atoms with Crippen molar-refractivity contribution in [2.24, 2.45) is 56.7 Å². The van der Waals surface area contributed by atoms with E-state index >= 15 is 0 Å². The fraction of sp³-hybridized carbons (Fsp3) is 1.00. The third-order valence-corrected chi connectivity index (χ3v) is 17.1. The Balaban J connectivity index is 1.21. The number of aliphatic hydroxyl groups excluding tert-OH is 7. The summed E-state index contributed by atoms with van der Waals surface area (Å²) in [5.74, 6) is 0.390. The topological polar surface area (TPSA) is 199 Å². The van der Waals surface area contributed by atoms with Gasteiger partial charge in [-0.1, -0.05) is 41.5 Å². The van der Waals surface area contributed by atoms with Crippen LogP contribution in [-0.2, 0) is 18.9 Å². The van der Waals surface area contributed by atoms with Crippen molar-refractivity contribution in [1.29, 1.82) is 0 Å². The van der Waals surface area contributed by atoms with Crippen molar-refractivity contribution in [3.63, 3.8) is 0 Å². The highest BCUT2D eigenvalue weighted by molar-refractivity contribution is 5.23. The van der Waals surface area contributed by atoms with Gasteiger partial charge in [0.05, 0.1) is 37.1 Å². The molecule has 0 aromatic carbocycles. The Kier molecular flexibility index (Phi) is 9.96. The number of fused-ring (bicyclic) bond motifs is 7. The lowest BCUT2D eigenvalue weighted by atomic mass is 9.31. The van der Waals surface area contributed by atoms with E-state index in [4.69, 9.17) is 18.9 Å². The van der Waals surface area contributed by atoms with Crippen molar-refractivity contribution in [2.75, 3.05) is 13.2 Å². The smallest absolute Gasteiger partial charge is 0.186 e. The van der Waals surface area contributed by atoms with Gasteiger partial charge in [-0.05, 0) is 122 Å². The Bertz CT molecular complexity index is 1320. The van der Waals surface area contributed by atoms with Crippen LogP contribution >= 0.6 is 0 Å². The summed E-state index contributed by atoms with van der Waals surface area (Å²) in [6.45, 7) is 17.3. The van der Waals surface area contributed by atoms with E-state index in [1.807, 2.05) is 13.8 Å². The average Bonchev–Trinajstić information content (AvgIpc) is 3.42. The molecule has 20 atom stereocenters. The van der Waals surface area contributed by atoms with Gasteiger partial charge in [0.25, 0.3) is 0 Å². The highest BCUT2D eigenvalue weighted by atomic mass is 16.7. The molecule has 52 heavy (non-hydrogen) atoms. The molecule has 2 heterocycles. The van der Waals surface area contributed by atoms with Crippen LogP contribution in [0.4, 0.5) is 0 Å². The monoisotopic (exact) mass is 740 g/mol. The van der Waals surface area contributed by atoms with E-state index in [1.165, 1.54) is 0 Å². The Labute approximate surface area is 309 Å². The molecular formula is C40H68O12. The second kappa shape index (κ2) is 13.0. The minimum atomic E-state index is -1.42. The van der Waals surface area contributed by atoms with Gasteiger partial charge in [0.1, 0.15) is 36.6 Å². The van der Waals surface area contributed by atoms with E-state index in [1.54, 1.807) is 0 Å². The molecule has 8 N–H and O–H groups in total. The van der Waals surface area contributed by atoms with Crippen molar-refractivity contribution in [1.82, 2.24) is 0 Å². The first kappa shape index (κ1) is 39.7. The lowest BCUT2D eigenvalue weighted by Gasteiger charge is -2.74. The van der Waals surface area contributed by atoms with E-state index in [0.29, 0.717) is 25.2 Å². The molecule has 12 nitrogen and oxygen atoms in total. The second-order valence-corrected chi connectivity index (χ2v) is 20.5. The van der Waals surface area contributed by atoms with Crippen LogP contribution in [-0.4, -0.2) is 127 Å². The predicted octanol–water partition coefficient (Wildman–Crippen LogP) is 2.09. The molecule has 2 aliphatic heterocycles. The highest BCUT2D eigenvalue weighted by Gasteiger charge is 2.74. The van der Waals surface area contributed by atoms with Gasteiger partial charge in [0, 0.05) is 0 Å². The lowest BCUT2D eigenvalue weighted by Crippen LogP contribution is -2.71. The third kappa shape index (κ3) is 5.66. The molecule has 0 aromatic heterocycles. The van der Waals surface area contributed by atoms with Crippen LogP contribution in [0.1, 0.15) is 107 Å². The molecule has 7 rings (SSSR count). The highest BCUT2D eigenvalue weighted by Crippen LogP contribution is 2.78. The zero-order valence-electron chi connectivity index (χ0n) is 32.5. The predicted molar refractivity (Wildman–Crippen MR) is 188 cm³/mol. The van der Waals surface area contributed by atoms with Crippen LogP contribution in [0.15, 0.2) is 0 Å². The van der Waals surface area contributed by atoms with Crippen LogP contribution in [0, 0.1) is 56.7 Å². The quantitative estimate of drug-likeness (QED) is 0.191. The van der Waals surface area contributed by atoms with Gasteiger partial charge < -0.3 is 59.8 Å². The molecular weight excluding hydrogens is 672 g/mol. The molecule has 300 valence electrons. The van der Waals surface area contributed by atoms with Crippen LogP contribution in [0.3, 0.4) is 0 Å². The molecule has 0 bridgehead atoms. The maximum absolute atomic E-state index is 12.5. The number of aliphatic hydroxyl groups is 8. The summed E-state index contributed by atoms with van der Waals surface area (Å²) < 4.78 is 24.7. The van der Waals surface area contributed by atoms with Gasteiger partial charge in [-0.25, -0.2) is 0 Å². The summed E-state index contributed by atoms with van der Waals surface area (Å²) in [4.78, 5) is 0. The van der Waals surface area contributed by atoms with Gasteiger partial charge in [-0.15, -0.1) is 0 Å². The van der Waals surface area contributed by atoms with E-state index in [2.05, 4.69) is 41.5 Å². The molecule has 0 unspecified atom stereocenters. The first-order chi connectivity index (χ1) is 24.0. The van der Waals surface area contributed by atoms with Crippen LogP contribution < -0.4 is 0 Å². The van der Waals surface area contributed by atoms with E-state index in [0.717, 1.165) is 32.1 Å². The summed E-state index contributed by atoms with van der Waals surface area (Å²) >= 11 is 0. The van der Waals surface area contributed by atoms with Crippen molar-refractivity contribution < 1.29 is 59.8 Å². The van der Waals surface area contributed by atoms with Gasteiger partial charge in [-0.2, -0.15) is 0 Å². The molecule has 0 amide bonds.